The van der Waals surface area contributed by atoms with E-state index in [9.17, 15) is 17.6 Å². The quantitative estimate of drug-likeness (QED) is 0.603. The normalized spacial score (nSPS) is 11.9. The largest absolute Gasteiger partial charge is 0.471 e. The summed E-state index contributed by atoms with van der Waals surface area (Å²) in [5, 5.41) is -0.215. The zero-order valence-electron chi connectivity index (χ0n) is 7.13. The van der Waals surface area contributed by atoms with Gasteiger partial charge in [0.25, 0.3) is 0 Å². The summed E-state index contributed by atoms with van der Waals surface area (Å²) in [4.78, 5) is 6.85. The molecule has 0 atom stereocenters. The Hall–Kier alpha value is -1.11. The molecule has 0 aliphatic rings. The van der Waals surface area contributed by atoms with Gasteiger partial charge in [-0.3, -0.25) is 0 Å². The first-order valence-corrected chi connectivity index (χ1v) is 4.07. The highest BCUT2D eigenvalue weighted by atomic mass is 35.5. The van der Waals surface area contributed by atoms with Crippen LogP contribution >= 0.6 is 11.6 Å². The van der Waals surface area contributed by atoms with E-state index in [0.717, 1.165) is 12.3 Å². The second-order valence-corrected chi connectivity index (χ2v) is 2.85. The van der Waals surface area contributed by atoms with Crippen LogP contribution < -0.4 is 4.74 Å². The molecule has 0 aliphatic heterocycles. The van der Waals surface area contributed by atoms with Gasteiger partial charge in [0.15, 0.2) is 6.61 Å². The lowest BCUT2D eigenvalue weighted by Gasteiger charge is -2.15. The third kappa shape index (κ3) is 3.50. The Labute approximate surface area is 87.0 Å². The van der Waals surface area contributed by atoms with E-state index in [1.165, 1.54) is 0 Å². The van der Waals surface area contributed by atoms with Crippen LogP contribution in [0.3, 0.4) is 0 Å². The van der Waals surface area contributed by atoms with E-state index in [0.29, 0.717) is 0 Å². The number of halogens is 5. The van der Waals surface area contributed by atoms with Crippen LogP contribution in [0.5, 0.6) is 5.88 Å². The van der Waals surface area contributed by atoms with Crippen LogP contribution in [-0.4, -0.2) is 28.9 Å². The van der Waals surface area contributed by atoms with Crippen molar-refractivity contribution in [2.75, 3.05) is 6.61 Å². The van der Waals surface area contributed by atoms with Gasteiger partial charge in [-0.15, -0.1) is 0 Å². The molecule has 15 heavy (non-hydrogen) atoms. The molecule has 3 nitrogen and oxygen atoms in total. The molecule has 1 aromatic heterocycles. The van der Waals surface area contributed by atoms with Crippen molar-refractivity contribution in [2.45, 2.75) is 12.3 Å². The maximum Gasteiger partial charge on any atom is 0.340 e. The Morgan fingerprint density at radius 3 is 2.67 bits per heavy atom. The summed E-state index contributed by atoms with van der Waals surface area (Å²) in [6, 6.07) is 1.13. The molecule has 1 aromatic rings. The Morgan fingerprint density at radius 2 is 2.13 bits per heavy atom. The Kier molecular flexibility index (Phi) is 3.67. The maximum absolute atomic E-state index is 12.4. The second kappa shape index (κ2) is 4.61. The predicted molar refractivity (Wildman–Crippen MR) is 43.5 cm³/mol. The molecular formula is C7H5ClF4N2O. The van der Waals surface area contributed by atoms with Crippen LogP contribution in [0.2, 0.25) is 5.28 Å². The van der Waals surface area contributed by atoms with Gasteiger partial charge in [0, 0.05) is 12.3 Å². The Bertz CT molecular complexity index is 337. The summed E-state index contributed by atoms with van der Waals surface area (Å²) in [7, 11) is 0. The summed E-state index contributed by atoms with van der Waals surface area (Å²) in [6.07, 6.45) is -2.62. The van der Waals surface area contributed by atoms with Gasteiger partial charge in [-0.05, 0) is 11.6 Å². The average molecular weight is 245 g/mol. The number of ether oxygens (including phenoxy) is 1. The highest BCUT2D eigenvalue weighted by Crippen LogP contribution is 2.23. The Morgan fingerprint density at radius 1 is 1.47 bits per heavy atom. The van der Waals surface area contributed by atoms with E-state index in [4.69, 9.17) is 11.6 Å². The summed E-state index contributed by atoms with van der Waals surface area (Å²) in [6.45, 7) is -1.46. The van der Waals surface area contributed by atoms with Crippen LogP contribution in [0, 0.1) is 0 Å². The standard InChI is InChI=1S/C7H5ClF4N2O/c8-6-13-2-1-4(14-6)15-3-7(11,12)5(9)10/h1-2,5H,3H2. The van der Waals surface area contributed by atoms with Crippen LogP contribution in [-0.2, 0) is 0 Å². The number of aromatic nitrogens is 2. The molecule has 0 unspecified atom stereocenters. The molecule has 84 valence electrons. The molecule has 0 radical (unpaired) electrons. The molecular weight excluding hydrogens is 240 g/mol. The summed E-state index contributed by atoms with van der Waals surface area (Å²) < 4.78 is 52.5. The number of rotatable bonds is 4. The van der Waals surface area contributed by atoms with Crippen molar-refractivity contribution in [2.24, 2.45) is 0 Å². The van der Waals surface area contributed by atoms with E-state index in [2.05, 4.69) is 14.7 Å². The number of hydrogen-bond donors (Lipinski definition) is 0. The molecule has 0 saturated carbocycles. The lowest BCUT2D eigenvalue weighted by atomic mass is 10.4. The number of alkyl halides is 4. The molecule has 0 fully saturated rings. The summed E-state index contributed by atoms with van der Waals surface area (Å²) in [5.41, 5.74) is 0. The van der Waals surface area contributed by atoms with Crippen LogP contribution in [0.15, 0.2) is 12.3 Å². The molecule has 0 amide bonds. The van der Waals surface area contributed by atoms with Gasteiger partial charge in [-0.1, -0.05) is 0 Å². The topological polar surface area (TPSA) is 35.0 Å². The van der Waals surface area contributed by atoms with Crippen molar-refractivity contribution < 1.29 is 22.3 Å². The first-order chi connectivity index (χ1) is 6.92. The van der Waals surface area contributed by atoms with Crippen molar-refractivity contribution in [3.63, 3.8) is 0 Å². The fraction of sp³-hybridized carbons (Fsp3) is 0.429. The van der Waals surface area contributed by atoms with E-state index in [-0.39, 0.29) is 11.2 Å². The van der Waals surface area contributed by atoms with Gasteiger partial charge in [-0.25, -0.2) is 13.8 Å². The SMILES string of the molecule is FC(F)C(F)(F)COc1ccnc(Cl)n1. The van der Waals surface area contributed by atoms with E-state index < -0.39 is 19.0 Å². The average Bonchev–Trinajstić information content (AvgIpc) is 2.15. The minimum absolute atomic E-state index is 0.215. The molecule has 1 heterocycles. The third-order valence-corrected chi connectivity index (χ3v) is 1.51. The second-order valence-electron chi connectivity index (χ2n) is 2.51. The highest BCUT2D eigenvalue weighted by Gasteiger charge is 2.41. The first kappa shape index (κ1) is 12.0. The van der Waals surface area contributed by atoms with Gasteiger partial charge in [0.2, 0.25) is 11.2 Å². The van der Waals surface area contributed by atoms with Gasteiger partial charge < -0.3 is 4.74 Å². The fourth-order valence-electron chi connectivity index (χ4n) is 0.633. The van der Waals surface area contributed by atoms with Gasteiger partial charge in [0.1, 0.15) is 0 Å². The molecule has 0 N–H and O–H groups in total. The Balaban J connectivity index is 2.57. The highest BCUT2D eigenvalue weighted by molar-refractivity contribution is 6.28. The molecule has 0 spiro atoms. The van der Waals surface area contributed by atoms with Crippen molar-refractivity contribution in [1.82, 2.24) is 9.97 Å². The maximum atomic E-state index is 12.4. The number of nitrogens with zero attached hydrogens (tertiary/aromatic N) is 2. The zero-order chi connectivity index (χ0) is 11.5. The zero-order valence-corrected chi connectivity index (χ0v) is 7.89. The smallest absolute Gasteiger partial charge is 0.340 e. The van der Waals surface area contributed by atoms with Gasteiger partial charge in [0.05, 0.1) is 0 Å². The molecule has 0 saturated heterocycles. The first-order valence-electron chi connectivity index (χ1n) is 3.69. The van der Waals surface area contributed by atoms with Gasteiger partial charge >= 0.3 is 12.3 Å². The molecule has 1 rings (SSSR count). The summed E-state index contributed by atoms with van der Waals surface area (Å²) >= 11 is 5.32. The molecule has 0 aromatic carbocycles. The van der Waals surface area contributed by atoms with Crippen LogP contribution in [0.4, 0.5) is 17.6 Å². The lowest BCUT2D eigenvalue weighted by molar-refractivity contribution is -0.148. The van der Waals surface area contributed by atoms with Crippen molar-refractivity contribution in [3.05, 3.63) is 17.5 Å². The van der Waals surface area contributed by atoms with Gasteiger partial charge in [-0.2, -0.15) is 13.8 Å². The lowest BCUT2D eigenvalue weighted by Crippen LogP contribution is -2.33. The van der Waals surface area contributed by atoms with Crippen molar-refractivity contribution in [3.8, 4) is 5.88 Å². The minimum atomic E-state index is -4.21. The van der Waals surface area contributed by atoms with E-state index >= 15 is 0 Å². The third-order valence-electron chi connectivity index (χ3n) is 1.33. The number of hydrogen-bond acceptors (Lipinski definition) is 3. The molecule has 0 bridgehead atoms. The van der Waals surface area contributed by atoms with Crippen molar-refractivity contribution in [1.29, 1.82) is 0 Å². The van der Waals surface area contributed by atoms with E-state index in [1.54, 1.807) is 0 Å². The molecule has 0 aliphatic carbocycles. The van der Waals surface area contributed by atoms with Crippen LogP contribution in [0.1, 0.15) is 0 Å². The summed E-state index contributed by atoms with van der Waals surface area (Å²) in [5.74, 6) is -4.49. The minimum Gasteiger partial charge on any atom is -0.471 e. The monoisotopic (exact) mass is 244 g/mol. The molecule has 8 heteroatoms. The predicted octanol–water partition coefficient (Wildman–Crippen LogP) is 2.41. The van der Waals surface area contributed by atoms with E-state index in [1.807, 2.05) is 0 Å². The fourth-order valence-corrected chi connectivity index (χ4v) is 0.773. The van der Waals surface area contributed by atoms with Crippen LogP contribution in [0.25, 0.3) is 0 Å². The van der Waals surface area contributed by atoms with Crippen molar-refractivity contribution >= 4 is 11.6 Å².